The van der Waals surface area contributed by atoms with E-state index in [-0.39, 0.29) is 5.91 Å². The van der Waals surface area contributed by atoms with Crippen LogP contribution < -0.4 is 5.32 Å². The van der Waals surface area contributed by atoms with Gasteiger partial charge >= 0.3 is 0 Å². The molecule has 3 aromatic rings. The Morgan fingerprint density at radius 3 is 2.68 bits per heavy atom. The maximum absolute atomic E-state index is 12.2. The van der Waals surface area contributed by atoms with Gasteiger partial charge in [0.05, 0.1) is 11.4 Å². The molecule has 0 atom stereocenters. The van der Waals surface area contributed by atoms with E-state index in [0.717, 1.165) is 16.3 Å². The summed E-state index contributed by atoms with van der Waals surface area (Å²) < 4.78 is 1.67. The third kappa shape index (κ3) is 4.61. The second-order valence-corrected chi connectivity index (χ2v) is 6.97. The summed E-state index contributed by atoms with van der Waals surface area (Å²) in [6.45, 7) is 0. The molecule has 2 aromatic carbocycles. The fraction of sp³-hybridized carbons (Fsp3) is 0.176. The summed E-state index contributed by atoms with van der Waals surface area (Å²) in [5.74, 6) is 0.577. The number of carbonyl (C=O) groups excluding carboxylic acids is 1. The summed E-state index contributed by atoms with van der Waals surface area (Å²) in [4.78, 5) is 13.2. The van der Waals surface area contributed by atoms with E-state index in [4.69, 9.17) is 0 Å². The lowest BCUT2D eigenvalue weighted by atomic mass is 10.3. The average molecular weight is 371 g/mol. The zero-order valence-corrected chi connectivity index (χ0v) is 15.3. The number of hydrogen-bond donors (Lipinski definition) is 1. The molecule has 0 bridgehead atoms. The number of para-hydroxylation sites is 2. The minimum Gasteiger partial charge on any atom is -0.325 e. The molecule has 0 aliphatic carbocycles. The van der Waals surface area contributed by atoms with E-state index in [1.54, 1.807) is 16.4 Å². The van der Waals surface area contributed by atoms with Gasteiger partial charge in [-0.05, 0) is 40.9 Å². The number of benzene rings is 2. The van der Waals surface area contributed by atoms with Gasteiger partial charge in [-0.2, -0.15) is 4.68 Å². The van der Waals surface area contributed by atoms with Crippen LogP contribution in [-0.2, 0) is 4.79 Å². The van der Waals surface area contributed by atoms with Crippen LogP contribution in [0.4, 0.5) is 5.69 Å². The smallest absolute Gasteiger partial charge is 0.225 e. The first-order chi connectivity index (χ1) is 12.3. The Morgan fingerprint density at radius 2 is 1.88 bits per heavy atom. The molecule has 1 heterocycles. The van der Waals surface area contributed by atoms with Crippen molar-refractivity contribution in [3.8, 4) is 5.69 Å². The molecule has 25 heavy (non-hydrogen) atoms. The third-order valence-electron chi connectivity index (χ3n) is 3.38. The molecule has 0 fully saturated rings. The van der Waals surface area contributed by atoms with E-state index in [1.165, 1.54) is 11.8 Å². The van der Waals surface area contributed by atoms with Crippen molar-refractivity contribution < 1.29 is 4.79 Å². The van der Waals surface area contributed by atoms with Crippen LogP contribution in [0.1, 0.15) is 6.42 Å². The number of hydrogen-bond acceptors (Lipinski definition) is 6. The maximum Gasteiger partial charge on any atom is 0.225 e. The second kappa shape index (κ2) is 8.68. The summed E-state index contributed by atoms with van der Waals surface area (Å²) in [6.07, 6.45) is 2.37. The highest BCUT2D eigenvalue weighted by Gasteiger charge is 2.11. The Balaban J connectivity index is 1.55. The van der Waals surface area contributed by atoms with Crippen molar-refractivity contribution in [1.29, 1.82) is 0 Å². The minimum atomic E-state index is -0.0206. The summed E-state index contributed by atoms with van der Waals surface area (Å²) in [5, 5.41) is 15.4. The van der Waals surface area contributed by atoms with Gasteiger partial charge in [0, 0.05) is 17.1 Å². The Morgan fingerprint density at radius 1 is 1.12 bits per heavy atom. The second-order valence-electron chi connectivity index (χ2n) is 5.06. The van der Waals surface area contributed by atoms with Gasteiger partial charge < -0.3 is 5.32 Å². The lowest BCUT2D eigenvalue weighted by Crippen LogP contribution is -2.13. The molecule has 0 unspecified atom stereocenters. The highest BCUT2D eigenvalue weighted by molar-refractivity contribution is 7.99. The van der Waals surface area contributed by atoms with E-state index in [9.17, 15) is 4.79 Å². The lowest BCUT2D eigenvalue weighted by Gasteiger charge is -2.09. The zero-order chi connectivity index (χ0) is 17.5. The molecule has 0 radical (unpaired) electrons. The van der Waals surface area contributed by atoms with Crippen LogP contribution in [-0.4, -0.2) is 38.1 Å². The molecule has 128 valence electrons. The van der Waals surface area contributed by atoms with Crippen molar-refractivity contribution in [2.75, 3.05) is 17.3 Å². The summed E-state index contributed by atoms with van der Waals surface area (Å²) in [5.41, 5.74) is 1.74. The first kappa shape index (κ1) is 17.5. The number of nitrogens with zero attached hydrogens (tertiary/aromatic N) is 4. The SMILES string of the molecule is CSc1ccccc1NC(=O)CCSc1nnnn1-c1ccccc1. The lowest BCUT2D eigenvalue weighted by molar-refractivity contribution is -0.115. The Bertz CT molecular complexity index is 838. The van der Waals surface area contributed by atoms with Crippen LogP contribution in [0.3, 0.4) is 0 Å². The van der Waals surface area contributed by atoms with Crippen molar-refractivity contribution in [2.45, 2.75) is 16.5 Å². The summed E-state index contributed by atoms with van der Waals surface area (Å²) >= 11 is 3.07. The number of carbonyl (C=O) groups is 1. The van der Waals surface area contributed by atoms with Crippen molar-refractivity contribution in [3.05, 3.63) is 54.6 Å². The van der Waals surface area contributed by atoms with Crippen molar-refractivity contribution in [2.24, 2.45) is 0 Å². The molecule has 3 rings (SSSR count). The van der Waals surface area contributed by atoms with Crippen molar-refractivity contribution in [3.63, 3.8) is 0 Å². The van der Waals surface area contributed by atoms with Crippen LogP contribution in [0, 0.1) is 0 Å². The van der Waals surface area contributed by atoms with E-state index in [1.807, 2.05) is 60.9 Å². The molecule has 1 N–H and O–H groups in total. The van der Waals surface area contributed by atoms with Crippen LogP contribution in [0.2, 0.25) is 0 Å². The van der Waals surface area contributed by atoms with Crippen LogP contribution >= 0.6 is 23.5 Å². The van der Waals surface area contributed by atoms with Crippen molar-refractivity contribution >= 4 is 35.1 Å². The minimum absolute atomic E-state index is 0.0206. The molecular formula is C17H17N5OS2. The Kier molecular flexibility index (Phi) is 6.08. The molecule has 0 aliphatic rings. The van der Waals surface area contributed by atoms with Crippen LogP contribution in [0.15, 0.2) is 64.6 Å². The number of amides is 1. The van der Waals surface area contributed by atoms with E-state index >= 15 is 0 Å². The van der Waals surface area contributed by atoms with Gasteiger partial charge in [0.25, 0.3) is 0 Å². The molecule has 0 saturated carbocycles. The third-order valence-corrected chi connectivity index (χ3v) is 5.10. The van der Waals surface area contributed by atoms with Crippen LogP contribution in [0.5, 0.6) is 0 Å². The zero-order valence-electron chi connectivity index (χ0n) is 13.6. The summed E-state index contributed by atoms with van der Waals surface area (Å²) in [7, 11) is 0. The molecular weight excluding hydrogens is 354 g/mol. The fourth-order valence-electron chi connectivity index (χ4n) is 2.20. The van der Waals surface area contributed by atoms with E-state index in [2.05, 4.69) is 20.8 Å². The van der Waals surface area contributed by atoms with Gasteiger partial charge in [-0.25, -0.2) is 0 Å². The van der Waals surface area contributed by atoms with E-state index in [0.29, 0.717) is 17.3 Å². The number of rotatable bonds is 7. The molecule has 1 amide bonds. The number of tetrazole rings is 1. The maximum atomic E-state index is 12.2. The van der Waals surface area contributed by atoms with Crippen LogP contribution in [0.25, 0.3) is 5.69 Å². The monoisotopic (exact) mass is 371 g/mol. The van der Waals surface area contributed by atoms with Gasteiger partial charge in [0.2, 0.25) is 11.1 Å². The number of aromatic nitrogens is 4. The molecule has 6 nitrogen and oxygen atoms in total. The number of nitrogens with one attached hydrogen (secondary N) is 1. The topological polar surface area (TPSA) is 72.7 Å². The van der Waals surface area contributed by atoms with Gasteiger partial charge in [0.15, 0.2) is 0 Å². The fourth-order valence-corrected chi connectivity index (χ4v) is 3.58. The number of thioether (sulfide) groups is 2. The molecule has 8 heteroatoms. The largest absolute Gasteiger partial charge is 0.325 e. The molecule has 0 saturated heterocycles. The highest BCUT2D eigenvalue weighted by Crippen LogP contribution is 2.25. The highest BCUT2D eigenvalue weighted by atomic mass is 32.2. The first-order valence-electron chi connectivity index (χ1n) is 7.67. The molecule has 0 spiro atoms. The Hall–Kier alpha value is -2.32. The van der Waals surface area contributed by atoms with Gasteiger partial charge in [0.1, 0.15) is 0 Å². The predicted octanol–water partition coefficient (Wildman–Crippen LogP) is 3.51. The quantitative estimate of drug-likeness (QED) is 0.641. The summed E-state index contributed by atoms with van der Waals surface area (Å²) in [6, 6.07) is 17.5. The Labute approximate surface area is 154 Å². The first-order valence-corrected chi connectivity index (χ1v) is 9.88. The number of anilines is 1. The van der Waals surface area contributed by atoms with Gasteiger partial charge in [-0.15, -0.1) is 16.9 Å². The molecule has 0 aliphatic heterocycles. The van der Waals surface area contributed by atoms with Gasteiger partial charge in [-0.1, -0.05) is 42.1 Å². The standard InChI is InChI=1S/C17H17N5OS2/c1-24-15-10-6-5-9-14(15)18-16(23)11-12-25-17-19-20-21-22(17)13-7-3-2-4-8-13/h2-10H,11-12H2,1H3,(H,18,23). The van der Waals surface area contributed by atoms with Crippen molar-refractivity contribution in [1.82, 2.24) is 20.2 Å². The normalized spacial score (nSPS) is 10.6. The van der Waals surface area contributed by atoms with Gasteiger partial charge in [-0.3, -0.25) is 4.79 Å². The predicted molar refractivity (Wildman–Crippen MR) is 101 cm³/mol. The molecule has 1 aromatic heterocycles. The average Bonchev–Trinajstić information content (AvgIpc) is 3.11. The van der Waals surface area contributed by atoms with E-state index < -0.39 is 0 Å².